The van der Waals surface area contributed by atoms with Crippen LogP contribution in [0.3, 0.4) is 0 Å². The van der Waals surface area contributed by atoms with Gasteiger partial charge in [0.15, 0.2) is 10.9 Å². The average molecular weight is 290 g/mol. The van der Waals surface area contributed by atoms with Gasteiger partial charge >= 0.3 is 5.97 Å². The molecule has 1 amide bonds. The summed E-state index contributed by atoms with van der Waals surface area (Å²) in [7, 11) is 0. The first-order valence-corrected chi connectivity index (χ1v) is 6.69. The van der Waals surface area contributed by atoms with Crippen LogP contribution in [0.1, 0.15) is 17.4 Å². The molecule has 1 aromatic rings. The summed E-state index contributed by atoms with van der Waals surface area (Å²) in [5, 5.41) is 2.94. The molecule has 8 heteroatoms. The van der Waals surface area contributed by atoms with Crippen LogP contribution in [0.15, 0.2) is 11.4 Å². The molecule has 0 aromatic carbocycles. The smallest absolute Gasteiger partial charge is 0.325 e. The van der Waals surface area contributed by atoms with Crippen molar-refractivity contribution in [2.75, 3.05) is 19.4 Å². The van der Waals surface area contributed by atoms with Gasteiger partial charge in [-0.2, -0.15) is 0 Å². The van der Waals surface area contributed by atoms with Crippen molar-refractivity contribution in [2.45, 2.75) is 12.1 Å². The molecular formula is C10H12ClN3O3S. The lowest BCUT2D eigenvalue weighted by Crippen LogP contribution is -2.31. The van der Waals surface area contributed by atoms with Crippen LogP contribution >= 0.6 is 23.4 Å². The fourth-order valence-corrected chi connectivity index (χ4v) is 1.57. The van der Waals surface area contributed by atoms with Crippen LogP contribution in [-0.4, -0.2) is 41.3 Å². The summed E-state index contributed by atoms with van der Waals surface area (Å²) < 4.78 is 4.68. The Kier molecular flexibility index (Phi) is 5.87. The molecule has 0 saturated heterocycles. The number of nitrogens with zero attached hydrogens (tertiary/aromatic N) is 2. The third-order valence-corrected chi connectivity index (χ3v) is 2.66. The van der Waals surface area contributed by atoms with Crippen molar-refractivity contribution in [3.05, 3.63) is 16.9 Å². The summed E-state index contributed by atoms with van der Waals surface area (Å²) >= 11 is 7.10. The topological polar surface area (TPSA) is 81.2 Å². The number of carbonyl (C=O) groups excluding carboxylic acids is 2. The van der Waals surface area contributed by atoms with Gasteiger partial charge < -0.3 is 10.1 Å². The highest BCUT2D eigenvalue weighted by Crippen LogP contribution is 2.16. The van der Waals surface area contributed by atoms with Gasteiger partial charge in [-0.15, -0.1) is 0 Å². The molecule has 1 N–H and O–H groups in total. The molecule has 0 spiro atoms. The van der Waals surface area contributed by atoms with Crippen molar-refractivity contribution in [3.63, 3.8) is 0 Å². The van der Waals surface area contributed by atoms with Gasteiger partial charge in [-0.25, -0.2) is 9.97 Å². The zero-order valence-electron chi connectivity index (χ0n) is 9.90. The van der Waals surface area contributed by atoms with Crippen LogP contribution < -0.4 is 5.32 Å². The first-order valence-electron chi connectivity index (χ1n) is 5.08. The molecule has 0 unspecified atom stereocenters. The molecule has 0 atom stereocenters. The van der Waals surface area contributed by atoms with E-state index in [-0.39, 0.29) is 23.9 Å². The van der Waals surface area contributed by atoms with Crippen molar-refractivity contribution >= 4 is 35.2 Å². The Labute approximate surface area is 113 Å². The lowest BCUT2D eigenvalue weighted by atomic mass is 10.4. The Bertz CT molecular complexity index is 456. The monoisotopic (exact) mass is 289 g/mol. The zero-order chi connectivity index (χ0) is 13.5. The van der Waals surface area contributed by atoms with Gasteiger partial charge in [0, 0.05) is 0 Å². The number of thioether (sulfide) groups is 1. The normalized spacial score (nSPS) is 9.94. The Morgan fingerprint density at radius 1 is 1.56 bits per heavy atom. The summed E-state index contributed by atoms with van der Waals surface area (Å²) in [4.78, 5) is 30.7. The van der Waals surface area contributed by atoms with Crippen molar-refractivity contribution < 1.29 is 14.3 Å². The molecule has 0 saturated carbocycles. The number of hydrogen-bond donors (Lipinski definition) is 1. The molecule has 18 heavy (non-hydrogen) atoms. The van der Waals surface area contributed by atoms with E-state index < -0.39 is 11.9 Å². The van der Waals surface area contributed by atoms with E-state index in [1.807, 2.05) is 0 Å². The lowest BCUT2D eigenvalue weighted by Gasteiger charge is -2.06. The van der Waals surface area contributed by atoms with Gasteiger partial charge in [-0.1, -0.05) is 23.4 Å². The minimum atomic E-state index is -0.536. The van der Waals surface area contributed by atoms with Crippen LogP contribution in [0, 0.1) is 0 Å². The molecule has 6 nitrogen and oxygen atoms in total. The summed E-state index contributed by atoms with van der Waals surface area (Å²) in [5.74, 6) is -1.05. The third kappa shape index (κ3) is 4.15. The first-order chi connectivity index (χ1) is 8.58. The van der Waals surface area contributed by atoms with E-state index >= 15 is 0 Å². The number of esters is 1. The van der Waals surface area contributed by atoms with E-state index in [1.165, 1.54) is 18.0 Å². The van der Waals surface area contributed by atoms with Crippen LogP contribution in [0.5, 0.6) is 0 Å². The molecule has 0 radical (unpaired) electrons. The molecule has 98 valence electrons. The molecule has 1 heterocycles. The summed E-state index contributed by atoms with van der Waals surface area (Å²) in [6.45, 7) is 1.73. The largest absolute Gasteiger partial charge is 0.465 e. The minimum Gasteiger partial charge on any atom is -0.465 e. The third-order valence-electron chi connectivity index (χ3n) is 1.82. The molecule has 0 aliphatic heterocycles. The Hall–Kier alpha value is -1.34. The Balaban J connectivity index is 2.69. The van der Waals surface area contributed by atoms with E-state index in [1.54, 1.807) is 13.2 Å². The molecule has 1 aromatic heterocycles. The average Bonchev–Trinajstić information content (AvgIpc) is 2.37. The van der Waals surface area contributed by atoms with Crippen LogP contribution in [-0.2, 0) is 9.53 Å². The van der Waals surface area contributed by atoms with Crippen molar-refractivity contribution in [2.24, 2.45) is 0 Å². The van der Waals surface area contributed by atoms with E-state index in [0.29, 0.717) is 5.16 Å². The number of aromatic nitrogens is 2. The van der Waals surface area contributed by atoms with Gasteiger partial charge in [0.25, 0.3) is 5.91 Å². The summed E-state index contributed by atoms with van der Waals surface area (Å²) in [6, 6.07) is 0. The van der Waals surface area contributed by atoms with Crippen molar-refractivity contribution in [1.29, 1.82) is 0 Å². The molecule has 1 rings (SSSR count). The number of rotatable bonds is 5. The van der Waals surface area contributed by atoms with Crippen LogP contribution in [0.2, 0.25) is 5.02 Å². The lowest BCUT2D eigenvalue weighted by molar-refractivity contribution is -0.141. The standard InChI is InChI=1S/C10H12ClN3O3S/c1-3-17-7(15)5-12-9(16)8-6(11)4-13-10(14-8)18-2/h4H,3,5H2,1-2H3,(H,12,16). The number of amides is 1. The second kappa shape index (κ2) is 7.17. The van der Waals surface area contributed by atoms with Crippen LogP contribution in [0.25, 0.3) is 0 Å². The maximum absolute atomic E-state index is 11.7. The highest BCUT2D eigenvalue weighted by atomic mass is 35.5. The van der Waals surface area contributed by atoms with Gasteiger partial charge in [0.2, 0.25) is 0 Å². The zero-order valence-corrected chi connectivity index (χ0v) is 11.5. The number of halogens is 1. The maximum Gasteiger partial charge on any atom is 0.325 e. The fraction of sp³-hybridized carbons (Fsp3) is 0.400. The molecule has 0 aliphatic carbocycles. The quantitative estimate of drug-likeness (QED) is 0.497. The Morgan fingerprint density at radius 2 is 2.28 bits per heavy atom. The van der Waals surface area contributed by atoms with E-state index in [4.69, 9.17) is 11.6 Å². The van der Waals surface area contributed by atoms with Gasteiger partial charge in [0.1, 0.15) is 6.54 Å². The first kappa shape index (κ1) is 14.7. The van der Waals surface area contributed by atoms with Gasteiger partial charge in [0.05, 0.1) is 17.8 Å². The number of nitrogens with one attached hydrogen (secondary N) is 1. The highest BCUT2D eigenvalue weighted by molar-refractivity contribution is 7.98. The van der Waals surface area contributed by atoms with Crippen LogP contribution in [0.4, 0.5) is 0 Å². The van der Waals surface area contributed by atoms with E-state index in [2.05, 4.69) is 20.0 Å². The summed E-state index contributed by atoms with van der Waals surface area (Å²) in [5.41, 5.74) is 0.0420. The minimum absolute atomic E-state index is 0.0420. The summed E-state index contributed by atoms with van der Waals surface area (Å²) in [6.07, 6.45) is 3.13. The maximum atomic E-state index is 11.7. The second-order valence-electron chi connectivity index (χ2n) is 3.04. The fourth-order valence-electron chi connectivity index (χ4n) is 1.06. The SMILES string of the molecule is CCOC(=O)CNC(=O)c1nc(SC)ncc1Cl. The van der Waals surface area contributed by atoms with Gasteiger partial charge in [-0.3, -0.25) is 9.59 Å². The number of ether oxygens (including phenoxy) is 1. The predicted octanol–water partition coefficient (Wildman–Crippen LogP) is 1.14. The number of carbonyl (C=O) groups is 2. The van der Waals surface area contributed by atoms with E-state index in [9.17, 15) is 9.59 Å². The Morgan fingerprint density at radius 3 is 2.89 bits per heavy atom. The predicted molar refractivity (Wildman–Crippen MR) is 67.8 cm³/mol. The highest BCUT2D eigenvalue weighted by Gasteiger charge is 2.15. The van der Waals surface area contributed by atoms with E-state index in [0.717, 1.165) is 0 Å². The van der Waals surface area contributed by atoms with Crippen molar-refractivity contribution in [1.82, 2.24) is 15.3 Å². The molecule has 0 aliphatic rings. The molecule has 0 bridgehead atoms. The number of hydrogen-bond acceptors (Lipinski definition) is 6. The van der Waals surface area contributed by atoms with Crippen molar-refractivity contribution in [3.8, 4) is 0 Å². The second-order valence-corrected chi connectivity index (χ2v) is 4.22. The molecular weight excluding hydrogens is 278 g/mol. The van der Waals surface area contributed by atoms with Gasteiger partial charge in [-0.05, 0) is 13.2 Å². The molecule has 0 fully saturated rings.